The molecule has 0 fully saturated rings. The number of hydrogen-bond donors (Lipinski definition) is 3. The van der Waals surface area contributed by atoms with Crippen LogP contribution in [0.4, 0.5) is 11.5 Å². The van der Waals surface area contributed by atoms with E-state index < -0.39 is 0 Å². The first-order chi connectivity index (χ1) is 10.0. The maximum Gasteiger partial charge on any atom is 0.255 e. The molecule has 5 nitrogen and oxygen atoms in total. The van der Waals surface area contributed by atoms with E-state index in [2.05, 4.69) is 15.7 Å². The molecule has 6 heteroatoms. The molecule has 1 aromatic heterocycles. The van der Waals surface area contributed by atoms with E-state index in [-0.39, 0.29) is 5.91 Å². The van der Waals surface area contributed by atoms with E-state index in [0.29, 0.717) is 28.5 Å². The summed E-state index contributed by atoms with van der Waals surface area (Å²) in [5.41, 5.74) is 5.38. The molecule has 0 aliphatic heterocycles. The molecule has 0 atom stereocenters. The van der Waals surface area contributed by atoms with Crippen LogP contribution in [0, 0.1) is 6.92 Å². The zero-order valence-corrected chi connectivity index (χ0v) is 12.7. The van der Waals surface area contributed by atoms with Crippen LogP contribution in [0.5, 0.6) is 0 Å². The van der Waals surface area contributed by atoms with Gasteiger partial charge in [0.15, 0.2) is 0 Å². The maximum atomic E-state index is 12.4. The molecule has 1 aromatic carbocycles. The molecule has 0 aliphatic rings. The second-order valence-corrected chi connectivity index (χ2v) is 5.08. The largest absolute Gasteiger partial charge is 0.322 e. The van der Waals surface area contributed by atoms with Gasteiger partial charge in [0.25, 0.3) is 5.91 Å². The first-order valence-electron chi connectivity index (χ1n) is 6.58. The predicted molar refractivity (Wildman–Crippen MR) is 85.6 cm³/mol. The van der Waals surface area contributed by atoms with Crippen molar-refractivity contribution in [3.05, 3.63) is 52.2 Å². The summed E-state index contributed by atoms with van der Waals surface area (Å²) in [6.07, 6.45) is 0.714. The standard InChI is InChI=1S/C15H17ClN4O/c1-3-12-6-10(7-14(18-12)20-17)15(21)19-13-8-11(16)5-4-9(13)2/h4-8H,3,17H2,1-2H3,(H,18,20)(H,19,21). The highest BCUT2D eigenvalue weighted by molar-refractivity contribution is 6.31. The Bertz CT molecular complexity index is 650. The zero-order valence-electron chi connectivity index (χ0n) is 11.9. The number of aromatic nitrogens is 1. The van der Waals surface area contributed by atoms with E-state index in [4.69, 9.17) is 17.4 Å². The summed E-state index contributed by atoms with van der Waals surface area (Å²) in [4.78, 5) is 16.6. The number of hydrogen-bond acceptors (Lipinski definition) is 4. The molecule has 0 unspecified atom stereocenters. The molecule has 2 rings (SSSR count). The third-order valence-corrected chi connectivity index (χ3v) is 3.33. The molecular formula is C15H17ClN4O. The molecule has 0 radical (unpaired) electrons. The fourth-order valence-electron chi connectivity index (χ4n) is 1.90. The van der Waals surface area contributed by atoms with Crippen LogP contribution in [0.25, 0.3) is 0 Å². The number of anilines is 2. The summed E-state index contributed by atoms with van der Waals surface area (Å²) in [5.74, 6) is 5.61. The average Bonchev–Trinajstić information content (AvgIpc) is 2.50. The molecule has 1 heterocycles. The summed E-state index contributed by atoms with van der Waals surface area (Å²) < 4.78 is 0. The van der Waals surface area contributed by atoms with Crippen LogP contribution < -0.4 is 16.6 Å². The van der Waals surface area contributed by atoms with Crippen LogP contribution >= 0.6 is 11.6 Å². The molecule has 4 N–H and O–H groups in total. The molecule has 21 heavy (non-hydrogen) atoms. The first kappa shape index (κ1) is 15.3. The van der Waals surface area contributed by atoms with Crippen molar-refractivity contribution in [2.75, 3.05) is 10.7 Å². The van der Waals surface area contributed by atoms with Gasteiger partial charge in [0.1, 0.15) is 5.82 Å². The lowest BCUT2D eigenvalue weighted by Gasteiger charge is -2.11. The number of amides is 1. The third kappa shape index (κ3) is 3.71. The zero-order chi connectivity index (χ0) is 15.4. The number of nitrogens with zero attached hydrogens (tertiary/aromatic N) is 1. The SMILES string of the molecule is CCc1cc(C(=O)Nc2cc(Cl)ccc2C)cc(NN)n1. The van der Waals surface area contributed by atoms with Gasteiger partial charge in [-0.3, -0.25) is 4.79 Å². The van der Waals surface area contributed by atoms with E-state index in [9.17, 15) is 4.79 Å². The second kappa shape index (κ2) is 6.56. The number of nitrogen functional groups attached to an aromatic ring is 1. The van der Waals surface area contributed by atoms with Crippen molar-refractivity contribution in [1.29, 1.82) is 0 Å². The van der Waals surface area contributed by atoms with E-state index in [0.717, 1.165) is 11.3 Å². The fourth-order valence-corrected chi connectivity index (χ4v) is 2.07. The van der Waals surface area contributed by atoms with Gasteiger partial charge < -0.3 is 10.7 Å². The summed E-state index contributed by atoms with van der Waals surface area (Å²) in [6, 6.07) is 8.71. The molecule has 2 aromatic rings. The number of pyridine rings is 1. The highest BCUT2D eigenvalue weighted by Crippen LogP contribution is 2.21. The van der Waals surface area contributed by atoms with Gasteiger partial charge in [0, 0.05) is 22.0 Å². The van der Waals surface area contributed by atoms with Gasteiger partial charge in [-0.1, -0.05) is 24.6 Å². The second-order valence-electron chi connectivity index (χ2n) is 4.64. The number of rotatable bonds is 4. The van der Waals surface area contributed by atoms with Crippen molar-refractivity contribution < 1.29 is 4.79 Å². The summed E-state index contributed by atoms with van der Waals surface area (Å²) in [6.45, 7) is 3.87. The van der Waals surface area contributed by atoms with Gasteiger partial charge in [0.05, 0.1) is 0 Å². The van der Waals surface area contributed by atoms with E-state index in [1.165, 1.54) is 0 Å². The molecular weight excluding hydrogens is 288 g/mol. The monoisotopic (exact) mass is 304 g/mol. The minimum Gasteiger partial charge on any atom is -0.322 e. The van der Waals surface area contributed by atoms with Crippen molar-refractivity contribution >= 4 is 29.0 Å². The Balaban J connectivity index is 2.29. The summed E-state index contributed by atoms with van der Waals surface area (Å²) in [5, 5.41) is 3.42. The van der Waals surface area contributed by atoms with Crippen LogP contribution in [0.3, 0.4) is 0 Å². The minimum absolute atomic E-state index is 0.228. The van der Waals surface area contributed by atoms with Gasteiger partial charge in [0.2, 0.25) is 0 Å². The number of hydrazine groups is 1. The highest BCUT2D eigenvalue weighted by Gasteiger charge is 2.11. The Hall–Kier alpha value is -2.11. The lowest BCUT2D eigenvalue weighted by molar-refractivity contribution is 0.102. The van der Waals surface area contributed by atoms with Crippen molar-refractivity contribution in [2.24, 2.45) is 5.84 Å². The average molecular weight is 305 g/mol. The van der Waals surface area contributed by atoms with Crippen molar-refractivity contribution in [3.63, 3.8) is 0 Å². The van der Waals surface area contributed by atoms with Crippen LogP contribution in [-0.2, 0) is 6.42 Å². The lowest BCUT2D eigenvalue weighted by atomic mass is 10.1. The van der Waals surface area contributed by atoms with Crippen LogP contribution in [0.1, 0.15) is 28.5 Å². The Morgan fingerprint density at radius 1 is 1.33 bits per heavy atom. The molecule has 110 valence electrons. The highest BCUT2D eigenvalue weighted by atomic mass is 35.5. The minimum atomic E-state index is -0.228. The van der Waals surface area contributed by atoms with Gasteiger partial charge >= 0.3 is 0 Å². The lowest BCUT2D eigenvalue weighted by Crippen LogP contribution is -2.16. The smallest absolute Gasteiger partial charge is 0.255 e. The van der Waals surface area contributed by atoms with Gasteiger partial charge in [-0.2, -0.15) is 0 Å². The van der Waals surface area contributed by atoms with E-state index in [1.807, 2.05) is 19.9 Å². The quantitative estimate of drug-likeness (QED) is 0.599. The summed E-state index contributed by atoms with van der Waals surface area (Å²) >= 11 is 5.95. The Morgan fingerprint density at radius 2 is 2.10 bits per heavy atom. The first-order valence-corrected chi connectivity index (χ1v) is 6.96. The normalized spacial score (nSPS) is 10.3. The van der Waals surface area contributed by atoms with Crippen molar-refractivity contribution in [1.82, 2.24) is 4.98 Å². The Morgan fingerprint density at radius 3 is 2.76 bits per heavy atom. The molecule has 1 amide bonds. The molecule has 0 saturated carbocycles. The van der Waals surface area contributed by atoms with E-state index >= 15 is 0 Å². The van der Waals surface area contributed by atoms with Crippen LogP contribution in [0.2, 0.25) is 5.02 Å². The third-order valence-electron chi connectivity index (χ3n) is 3.10. The number of halogens is 1. The number of carbonyl (C=O) groups is 1. The number of aryl methyl sites for hydroxylation is 2. The van der Waals surface area contributed by atoms with E-state index in [1.54, 1.807) is 24.3 Å². The molecule has 0 aliphatic carbocycles. The Kier molecular flexibility index (Phi) is 4.77. The number of carbonyl (C=O) groups excluding carboxylic acids is 1. The fraction of sp³-hybridized carbons (Fsp3) is 0.200. The van der Waals surface area contributed by atoms with Crippen LogP contribution in [-0.4, -0.2) is 10.9 Å². The van der Waals surface area contributed by atoms with Crippen molar-refractivity contribution in [3.8, 4) is 0 Å². The number of nitrogens with two attached hydrogens (primary N) is 1. The van der Waals surface area contributed by atoms with Gasteiger partial charge in [-0.15, -0.1) is 0 Å². The molecule has 0 saturated heterocycles. The van der Waals surface area contributed by atoms with Gasteiger partial charge in [-0.25, -0.2) is 10.8 Å². The van der Waals surface area contributed by atoms with Crippen molar-refractivity contribution in [2.45, 2.75) is 20.3 Å². The summed E-state index contributed by atoms with van der Waals surface area (Å²) in [7, 11) is 0. The number of nitrogens with one attached hydrogen (secondary N) is 2. The predicted octanol–water partition coefficient (Wildman–Crippen LogP) is 3.14. The molecule has 0 spiro atoms. The van der Waals surface area contributed by atoms with Crippen LogP contribution in [0.15, 0.2) is 30.3 Å². The maximum absolute atomic E-state index is 12.4. The molecule has 0 bridgehead atoms. The van der Waals surface area contributed by atoms with Gasteiger partial charge in [-0.05, 0) is 43.2 Å². The topological polar surface area (TPSA) is 80.0 Å². The number of benzene rings is 1. The Labute approximate surface area is 128 Å².